The molecule has 0 amide bonds. The van der Waals surface area contributed by atoms with Crippen molar-refractivity contribution in [3.63, 3.8) is 0 Å². The van der Waals surface area contributed by atoms with Crippen LogP contribution in [0.1, 0.15) is 49.9 Å². The number of benzene rings is 4. The van der Waals surface area contributed by atoms with Gasteiger partial charge in [-0.15, -0.1) is 0 Å². The summed E-state index contributed by atoms with van der Waals surface area (Å²) in [6.45, 7) is 16.7. The molecule has 0 saturated carbocycles. The van der Waals surface area contributed by atoms with E-state index in [9.17, 15) is 0 Å². The first-order chi connectivity index (χ1) is 26.7. The molecule has 4 aromatic carbocycles. The van der Waals surface area contributed by atoms with Crippen molar-refractivity contribution in [2.75, 3.05) is 0 Å². The van der Waals surface area contributed by atoms with Crippen LogP contribution in [0, 0.1) is 27.7 Å². The summed E-state index contributed by atoms with van der Waals surface area (Å²) in [5.41, 5.74) is 15.6. The van der Waals surface area contributed by atoms with E-state index in [4.69, 9.17) is 9.31 Å². The van der Waals surface area contributed by atoms with Crippen LogP contribution >= 0.6 is 39.4 Å². The lowest BCUT2D eigenvalue weighted by Gasteiger charge is -2.32. The highest BCUT2D eigenvalue weighted by atomic mass is 79.9. The maximum absolute atomic E-state index is 6.14. The van der Waals surface area contributed by atoms with Gasteiger partial charge in [-0.2, -0.15) is 17.5 Å². The first kappa shape index (κ1) is 39.5. The highest BCUT2D eigenvalue weighted by molar-refractivity contribution is 9.10. The molecule has 0 radical (unpaired) electrons. The van der Waals surface area contributed by atoms with E-state index in [-0.39, 0.29) is 18.3 Å². The molecule has 0 unspecified atom stereocenters. The van der Waals surface area contributed by atoms with Crippen molar-refractivity contribution in [3.8, 4) is 33.6 Å². The second-order valence-electron chi connectivity index (χ2n) is 15.1. The van der Waals surface area contributed by atoms with E-state index in [0.29, 0.717) is 0 Å². The summed E-state index contributed by atoms with van der Waals surface area (Å²) in [4.78, 5) is 9.07. The molecule has 282 valence electrons. The lowest BCUT2D eigenvalue weighted by atomic mass is 9.79. The van der Waals surface area contributed by atoms with Gasteiger partial charge in [0.2, 0.25) is 0 Å². The Hall–Kier alpha value is -4.72. The zero-order chi connectivity index (χ0) is 39.6. The summed E-state index contributed by atoms with van der Waals surface area (Å²) in [5.74, 6) is 0. The zero-order valence-electron chi connectivity index (χ0n) is 32.7. The minimum absolute atomic E-state index is 0.332. The zero-order valence-corrected chi connectivity index (χ0v) is 35.9. The topological polar surface area (TPSA) is 95.8 Å². The Bertz CT molecular complexity index is 2600. The summed E-state index contributed by atoms with van der Waals surface area (Å²) in [6.07, 6.45) is 3.69. The molecule has 1 aliphatic heterocycles. The molecule has 12 heteroatoms. The van der Waals surface area contributed by atoms with Crippen molar-refractivity contribution >= 4 is 74.0 Å². The van der Waals surface area contributed by atoms with Crippen LogP contribution in [0.4, 0.5) is 0 Å². The van der Waals surface area contributed by atoms with Crippen molar-refractivity contribution in [3.05, 3.63) is 136 Å². The molecule has 1 aliphatic rings. The monoisotopic (exact) mass is 840 g/mol. The van der Waals surface area contributed by atoms with Crippen LogP contribution < -0.4 is 5.46 Å². The van der Waals surface area contributed by atoms with Gasteiger partial charge in [0.05, 0.1) is 46.0 Å². The average Bonchev–Trinajstić information content (AvgIpc) is 3.88. The number of hydrogen-bond donors (Lipinski definition) is 0. The maximum Gasteiger partial charge on any atom is 0.494 e. The van der Waals surface area contributed by atoms with Crippen molar-refractivity contribution in [2.45, 2.75) is 66.6 Å². The van der Waals surface area contributed by atoms with Gasteiger partial charge in [-0.25, -0.2) is 0 Å². The molecule has 8 aromatic rings. The Morgan fingerprint density at radius 2 is 0.946 bits per heavy atom. The average molecular weight is 842 g/mol. The Labute approximate surface area is 345 Å². The van der Waals surface area contributed by atoms with Crippen LogP contribution in [0.2, 0.25) is 0 Å². The summed E-state index contributed by atoms with van der Waals surface area (Å²) >= 11 is 5.84. The highest BCUT2D eigenvalue weighted by Gasteiger charge is 2.51. The number of aryl methyl sites for hydroxylation is 4. The maximum atomic E-state index is 6.14. The number of halogens is 1. The normalized spacial score (nSPS) is 14.3. The van der Waals surface area contributed by atoms with E-state index in [1.165, 1.54) is 45.7 Å². The smallest absolute Gasteiger partial charge is 0.399 e. The van der Waals surface area contributed by atoms with Crippen molar-refractivity contribution in [1.29, 1.82) is 0 Å². The van der Waals surface area contributed by atoms with Gasteiger partial charge < -0.3 is 9.31 Å². The molecular weight excluding hydrogens is 799 g/mol. The third-order valence-electron chi connectivity index (χ3n) is 9.91. The molecule has 8 nitrogen and oxygen atoms in total. The first-order valence-corrected chi connectivity index (χ1v) is 20.5. The summed E-state index contributed by atoms with van der Waals surface area (Å²) in [6, 6.07) is 33.3. The fourth-order valence-corrected chi connectivity index (χ4v) is 7.84. The molecule has 56 heavy (non-hydrogen) atoms. The fraction of sp³-hybridized carbons (Fsp3) is 0.227. The number of fused-ring (bicyclic) bond motifs is 2. The van der Waals surface area contributed by atoms with Crippen LogP contribution in [0.3, 0.4) is 0 Å². The summed E-state index contributed by atoms with van der Waals surface area (Å²) in [5, 5.41) is 0. The highest BCUT2D eigenvalue weighted by Crippen LogP contribution is 2.37. The van der Waals surface area contributed by atoms with Gasteiger partial charge in [-0.1, -0.05) is 56.4 Å². The largest absolute Gasteiger partial charge is 0.494 e. The van der Waals surface area contributed by atoms with E-state index in [1.807, 2.05) is 48.8 Å². The molecule has 1 saturated heterocycles. The summed E-state index contributed by atoms with van der Waals surface area (Å²) < 4.78 is 30.1. The molecule has 4 aromatic heterocycles. The minimum atomic E-state index is -0.354. The van der Waals surface area contributed by atoms with E-state index in [0.717, 1.165) is 65.6 Å². The predicted octanol–water partition coefficient (Wildman–Crippen LogP) is 11.2. The van der Waals surface area contributed by atoms with Gasteiger partial charge in [-0.05, 0) is 151 Å². The molecule has 0 bridgehead atoms. The SMILES string of the molecule is Brc1ccc2nsnc2c1.Cc1cc(C)cc(-c2cc(-c3ccc4nsnc4c3)ccn2)c1.Cc1cc(C)cc(-c2cc(B3OC(C)(C)C(C)(C)O3)ccn2)c1. The van der Waals surface area contributed by atoms with Crippen LogP contribution in [-0.4, -0.2) is 45.8 Å². The Morgan fingerprint density at radius 1 is 0.482 bits per heavy atom. The second-order valence-corrected chi connectivity index (χ2v) is 17.1. The number of hydrogen-bond acceptors (Lipinski definition) is 10. The van der Waals surface area contributed by atoms with Crippen LogP contribution in [0.15, 0.2) is 114 Å². The third-order valence-corrected chi connectivity index (χ3v) is 11.5. The van der Waals surface area contributed by atoms with Gasteiger partial charge >= 0.3 is 7.12 Å². The van der Waals surface area contributed by atoms with Gasteiger partial charge in [0.15, 0.2) is 0 Å². The van der Waals surface area contributed by atoms with Gasteiger partial charge in [0.25, 0.3) is 0 Å². The van der Waals surface area contributed by atoms with Crippen molar-refractivity contribution in [2.24, 2.45) is 0 Å². The Balaban J connectivity index is 0.000000138. The summed E-state index contributed by atoms with van der Waals surface area (Å²) in [7, 11) is -0.354. The Kier molecular flexibility index (Phi) is 11.6. The minimum Gasteiger partial charge on any atom is -0.399 e. The third kappa shape index (κ3) is 9.11. The molecule has 0 spiro atoms. The molecule has 1 fully saturated rings. The van der Waals surface area contributed by atoms with Gasteiger partial charge in [0, 0.05) is 28.0 Å². The molecular formula is C44H42BBrN6O2S2. The molecule has 0 aliphatic carbocycles. The molecule has 5 heterocycles. The van der Waals surface area contributed by atoms with Crippen LogP contribution in [0.25, 0.3) is 55.7 Å². The van der Waals surface area contributed by atoms with Gasteiger partial charge in [-0.3, -0.25) is 9.97 Å². The number of aromatic nitrogens is 6. The van der Waals surface area contributed by atoms with E-state index >= 15 is 0 Å². The number of pyridine rings is 2. The Morgan fingerprint density at radius 3 is 1.52 bits per heavy atom. The van der Waals surface area contributed by atoms with Crippen molar-refractivity contribution < 1.29 is 9.31 Å². The number of nitrogens with zero attached hydrogens (tertiary/aromatic N) is 6. The number of rotatable bonds is 4. The van der Waals surface area contributed by atoms with E-state index in [1.54, 1.807) is 0 Å². The fourth-order valence-electron chi connectivity index (χ4n) is 6.46. The van der Waals surface area contributed by atoms with Crippen molar-refractivity contribution in [1.82, 2.24) is 27.5 Å². The van der Waals surface area contributed by atoms with Crippen LogP contribution in [0.5, 0.6) is 0 Å². The second kappa shape index (κ2) is 16.4. The van der Waals surface area contributed by atoms with Crippen LogP contribution in [-0.2, 0) is 9.31 Å². The first-order valence-electron chi connectivity index (χ1n) is 18.3. The lowest BCUT2D eigenvalue weighted by molar-refractivity contribution is 0.00578. The quantitative estimate of drug-likeness (QED) is 0.162. The molecule has 9 rings (SSSR count). The molecule has 0 atom stereocenters. The molecule has 0 N–H and O–H groups in total. The predicted molar refractivity (Wildman–Crippen MR) is 236 cm³/mol. The van der Waals surface area contributed by atoms with Gasteiger partial charge in [0.1, 0.15) is 22.1 Å². The standard InChI is InChI=1S/C19H24BNO2.C19H15N3S.C6H3BrN2S/c1-13-9-14(2)11-15(10-13)17-12-16(7-8-21-17)20-22-18(3,4)19(5,6)23-20;1-12-7-13(2)9-16(8-12)18-10-15(5-6-20-18)14-3-4-17-19(11-14)22-23-21-17;7-4-1-2-5-6(3-4)9-10-8-5/h7-12H,1-6H3;3-11H,1-2H3;1-3H. The van der Waals surface area contributed by atoms with E-state index in [2.05, 4.69) is 159 Å². The lowest BCUT2D eigenvalue weighted by Crippen LogP contribution is -2.41. The van der Waals surface area contributed by atoms with E-state index < -0.39 is 0 Å².